The third kappa shape index (κ3) is 3.52. The van der Waals surface area contributed by atoms with Gasteiger partial charge in [0.1, 0.15) is 5.75 Å². The molecular weight excluding hydrogens is 305 g/mol. The van der Waals surface area contributed by atoms with Crippen LogP contribution in [0.25, 0.3) is 0 Å². The van der Waals surface area contributed by atoms with Gasteiger partial charge in [-0.3, -0.25) is 0 Å². The second-order valence-corrected chi connectivity index (χ2v) is 5.58. The van der Waals surface area contributed by atoms with Gasteiger partial charge in [-0.25, -0.2) is 0 Å². The molecule has 2 nitrogen and oxygen atoms in total. The number of aryl methyl sites for hydroxylation is 1. The molecule has 0 fully saturated rings. The van der Waals surface area contributed by atoms with Crippen LogP contribution in [0.2, 0.25) is 10.0 Å². The zero-order valence-corrected chi connectivity index (χ0v) is 13.7. The molecule has 0 aromatic heterocycles. The predicted octanol–water partition coefficient (Wildman–Crippen LogP) is 5.00. The third-order valence-corrected chi connectivity index (χ3v) is 4.08. The Balaban J connectivity index is 2.44. The molecule has 0 saturated heterocycles. The second-order valence-electron chi connectivity index (χ2n) is 4.77. The molecule has 2 aromatic rings. The Hall–Kier alpha value is -1.22. The van der Waals surface area contributed by atoms with Crippen LogP contribution in [0.1, 0.15) is 36.6 Å². The van der Waals surface area contributed by atoms with Crippen molar-refractivity contribution in [1.82, 2.24) is 0 Å². The highest BCUT2D eigenvalue weighted by molar-refractivity contribution is 6.34. The summed E-state index contributed by atoms with van der Waals surface area (Å²) in [6, 6.07) is 11.3. The van der Waals surface area contributed by atoms with Crippen LogP contribution in [-0.2, 0) is 6.42 Å². The Labute approximate surface area is 135 Å². The van der Waals surface area contributed by atoms with E-state index in [1.165, 1.54) is 5.56 Å². The first-order chi connectivity index (χ1) is 10.1. The molecule has 0 amide bonds. The molecule has 0 aliphatic carbocycles. The zero-order valence-electron chi connectivity index (χ0n) is 12.2. The van der Waals surface area contributed by atoms with E-state index in [4.69, 9.17) is 33.7 Å². The SMILES string of the molecule is CCOc1cc(Cl)c(C(N)c2ccccc2CC)cc1Cl. The lowest BCUT2D eigenvalue weighted by Gasteiger charge is -2.19. The average Bonchev–Trinajstić information content (AvgIpc) is 2.50. The molecule has 0 saturated carbocycles. The van der Waals surface area contributed by atoms with Crippen molar-refractivity contribution in [3.05, 3.63) is 63.1 Å². The molecule has 0 aliphatic heterocycles. The van der Waals surface area contributed by atoms with Crippen molar-refractivity contribution >= 4 is 23.2 Å². The van der Waals surface area contributed by atoms with Crippen molar-refractivity contribution in [3.63, 3.8) is 0 Å². The lowest BCUT2D eigenvalue weighted by Crippen LogP contribution is -2.14. The highest BCUT2D eigenvalue weighted by Gasteiger charge is 2.17. The number of halogens is 2. The zero-order chi connectivity index (χ0) is 15.4. The average molecular weight is 324 g/mol. The summed E-state index contributed by atoms with van der Waals surface area (Å²) in [5.41, 5.74) is 9.50. The minimum absolute atomic E-state index is 0.304. The minimum Gasteiger partial charge on any atom is -0.492 e. The van der Waals surface area contributed by atoms with Crippen LogP contribution in [0.5, 0.6) is 5.75 Å². The van der Waals surface area contributed by atoms with Gasteiger partial charge in [-0.1, -0.05) is 54.4 Å². The summed E-state index contributed by atoms with van der Waals surface area (Å²) in [6.45, 7) is 4.56. The lowest BCUT2D eigenvalue weighted by molar-refractivity contribution is 0.340. The van der Waals surface area contributed by atoms with Gasteiger partial charge in [0, 0.05) is 11.1 Å². The molecule has 2 rings (SSSR count). The van der Waals surface area contributed by atoms with Crippen molar-refractivity contribution in [2.24, 2.45) is 5.73 Å². The van der Waals surface area contributed by atoms with E-state index in [9.17, 15) is 0 Å². The molecule has 0 bridgehead atoms. The van der Waals surface area contributed by atoms with Gasteiger partial charge in [0.2, 0.25) is 0 Å². The van der Waals surface area contributed by atoms with E-state index in [0.717, 1.165) is 17.5 Å². The summed E-state index contributed by atoms with van der Waals surface area (Å²) >= 11 is 12.6. The maximum absolute atomic E-state index is 6.40. The maximum atomic E-state index is 6.40. The fraction of sp³-hybridized carbons (Fsp3) is 0.294. The van der Waals surface area contributed by atoms with Crippen molar-refractivity contribution in [2.75, 3.05) is 6.61 Å². The van der Waals surface area contributed by atoms with E-state index in [0.29, 0.717) is 22.4 Å². The van der Waals surface area contributed by atoms with Crippen molar-refractivity contribution in [2.45, 2.75) is 26.3 Å². The van der Waals surface area contributed by atoms with Crippen LogP contribution in [0.3, 0.4) is 0 Å². The van der Waals surface area contributed by atoms with Gasteiger partial charge in [-0.15, -0.1) is 0 Å². The number of hydrogen-bond acceptors (Lipinski definition) is 2. The number of benzene rings is 2. The summed E-state index contributed by atoms with van der Waals surface area (Å²) in [6.07, 6.45) is 0.923. The van der Waals surface area contributed by atoms with E-state index in [1.807, 2.05) is 25.1 Å². The van der Waals surface area contributed by atoms with E-state index >= 15 is 0 Å². The van der Waals surface area contributed by atoms with Crippen LogP contribution in [0, 0.1) is 0 Å². The third-order valence-electron chi connectivity index (χ3n) is 3.46. The number of ether oxygens (including phenoxy) is 1. The van der Waals surface area contributed by atoms with Crippen molar-refractivity contribution in [1.29, 1.82) is 0 Å². The Bertz CT molecular complexity index is 628. The Morgan fingerprint density at radius 2 is 1.76 bits per heavy atom. The van der Waals surface area contributed by atoms with E-state index < -0.39 is 0 Å². The molecule has 112 valence electrons. The van der Waals surface area contributed by atoms with Crippen LogP contribution in [0.15, 0.2) is 36.4 Å². The Morgan fingerprint density at radius 1 is 1.05 bits per heavy atom. The van der Waals surface area contributed by atoms with Crippen LogP contribution < -0.4 is 10.5 Å². The normalized spacial score (nSPS) is 12.2. The lowest BCUT2D eigenvalue weighted by atomic mass is 9.94. The van der Waals surface area contributed by atoms with Gasteiger partial charge < -0.3 is 10.5 Å². The first kappa shape index (κ1) is 16.2. The monoisotopic (exact) mass is 323 g/mol. The topological polar surface area (TPSA) is 35.2 Å². The maximum Gasteiger partial charge on any atom is 0.139 e. The molecule has 21 heavy (non-hydrogen) atoms. The predicted molar refractivity (Wildman–Crippen MR) is 89.5 cm³/mol. The van der Waals surface area contributed by atoms with Crippen molar-refractivity contribution in [3.8, 4) is 5.75 Å². The molecule has 4 heteroatoms. The Kier molecular flexibility index (Phi) is 5.51. The molecule has 0 aliphatic rings. The smallest absolute Gasteiger partial charge is 0.139 e. The van der Waals surface area contributed by atoms with Crippen LogP contribution in [-0.4, -0.2) is 6.61 Å². The Morgan fingerprint density at radius 3 is 2.43 bits per heavy atom. The number of nitrogens with two attached hydrogens (primary N) is 1. The molecular formula is C17H19Cl2NO. The molecule has 1 unspecified atom stereocenters. The highest BCUT2D eigenvalue weighted by atomic mass is 35.5. The standard InChI is InChI=1S/C17H19Cl2NO/c1-3-11-7-5-6-8-12(11)17(20)13-9-15(19)16(21-4-2)10-14(13)18/h5-10,17H,3-4,20H2,1-2H3. The molecule has 0 spiro atoms. The van der Waals surface area contributed by atoms with E-state index in [-0.39, 0.29) is 6.04 Å². The van der Waals surface area contributed by atoms with E-state index in [1.54, 1.807) is 12.1 Å². The summed E-state index contributed by atoms with van der Waals surface area (Å²) in [5, 5.41) is 1.10. The van der Waals surface area contributed by atoms with E-state index in [2.05, 4.69) is 13.0 Å². The van der Waals surface area contributed by atoms with Gasteiger partial charge in [0.25, 0.3) is 0 Å². The largest absolute Gasteiger partial charge is 0.492 e. The number of hydrogen-bond donors (Lipinski definition) is 1. The van der Waals surface area contributed by atoms with Crippen molar-refractivity contribution < 1.29 is 4.74 Å². The molecule has 2 N–H and O–H groups in total. The fourth-order valence-electron chi connectivity index (χ4n) is 2.38. The van der Waals surface area contributed by atoms with Gasteiger partial charge in [-0.05, 0) is 36.1 Å². The second kappa shape index (κ2) is 7.17. The molecule has 1 atom stereocenters. The van der Waals surface area contributed by atoms with Gasteiger partial charge >= 0.3 is 0 Å². The minimum atomic E-state index is -0.304. The fourth-order valence-corrected chi connectivity index (χ4v) is 2.87. The van der Waals surface area contributed by atoms with Crippen LogP contribution in [0.4, 0.5) is 0 Å². The van der Waals surface area contributed by atoms with Gasteiger partial charge in [0.05, 0.1) is 17.7 Å². The first-order valence-corrected chi connectivity index (χ1v) is 7.79. The highest BCUT2D eigenvalue weighted by Crippen LogP contribution is 2.36. The first-order valence-electron chi connectivity index (χ1n) is 7.03. The summed E-state index contributed by atoms with van der Waals surface area (Å²) in [5.74, 6) is 0.587. The van der Waals surface area contributed by atoms with Gasteiger partial charge in [-0.2, -0.15) is 0 Å². The summed E-state index contributed by atoms with van der Waals surface area (Å²) in [7, 11) is 0. The quantitative estimate of drug-likeness (QED) is 0.840. The molecule has 0 radical (unpaired) electrons. The number of rotatable bonds is 5. The molecule has 0 heterocycles. The molecule has 2 aromatic carbocycles. The van der Waals surface area contributed by atoms with Gasteiger partial charge in [0.15, 0.2) is 0 Å². The van der Waals surface area contributed by atoms with Crippen LogP contribution >= 0.6 is 23.2 Å². The summed E-state index contributed by atoms with van der Waals surface area (Å²) < 4.78 is 5.45. The summed E-state index contributed by atoms with van der Waals surface area (Å²) in [4.78, 5) is 0.